The van der Waals surface area contributed by atoms with Crippen molar-refractivity contribution in [3.8, 4) is 0 Å². The summed E-state index contributed by atoms with van der Waals surface area (Å²) in [5.41, 5.74) is 0.0624. The van der Waals surface area contributed by atoms with Gasteiger partial charge in [0.05, 0.1) is 6.61 Å². The van der Waals surface area contributed by atoms with Gasteiger partial charge in [0.2, 0.25) is 0 Å². The molecule has 4 nitrogen and oxygen atoms in total. The maximum Gasteiger partial charge on any atom is 0.364 e. The van der Waals surface area contributed by atoms with Gasteiger partial charge in [0.25, 0.3) is 0 Å². The van der Waals surface area contributed by atoms with Crippen molar-refractivity contribution < 1.29 is 17.8 Å². The number of thiol groups is 1. The number of rotatable bonds is 9. The molecule has 0 aliphatic rings. The van der Waals surface area contributed by atoms with E-state index in [0.29, 0.717) is 13.2 Å². The Morgan fingerprint density at radius 2 is 1.80 bits per heavy atom. The Bertz CT molecular complexity index is 155. The van der Waals surface area contributed by atoms with Gasteiger partial charge in [0.15, 0.2) is 0 Å². The lowest BCUT2D eigenvalue weighted by molar-refractivity contribution is 0.0522. The summed E-state index contributed by atoms with van der Waals surface area (Å²) >= 11 is 3.67. The highest BCUT2D eigenvalue weighted by Crippen LogP contribution is 2.17. The number of hydrogen-bond acceptors (Lipinski definition) is 5. The Kier molecular flexibility index (Phi) is 8.78. The molecule has 0 rings (SSSR count). The van der Waals surface area contributed by atoms with Crippen LogP contribution in [-0.4, -0.2) is 41.7 Å². The molecule has 0 spiro atoms. The van der Waals surface area contributed by atoms with Crippen LogP contribution in [0.5, 0.6) is 0 Å². The predicted molar refractivity (Wildman–Crippen MR) is 65.2 cm³/mol. The van der Waals surface area contributed by atoms with E-state index in [1.165, 1.54) is 0 Å². The molecule has 0 fully saturated rings. The van der Waals surface area contributed by atoms with Crippen molar-refractivity contribution in [3.05, 3.63) is 0 Å². The van der Waals surface area contributed by atoms with Crippen molar-refractivity contribution in [1.82, 2.24) is 0 Å². The van der Waals surface area contributed by atoms with Crippen LogP contribution in [-0.2, 0) is 17.8 Å². The smallest absolute Gasteiger partial charge is 0.364 e. The first kappa shape index (κ1) is 15.4. The molecule has 0 aliphatic heterocycles. The molecule has 0 aliphatic carbocycles. The zero-order valence-corrected chi connectivity index (χ0v) is 11.9. The summed E-state index contributed by atoms with van der Waals surface area (Å²) in [6, 6.07) is 0. The fourth-order valence-corrected chi connectivity index (χ4v) is 3.32. The van der Waals surface area contributed by atoms with Crippen molar-refractivity contribution in [3.63, 3.8) is 0 Å². The summed E-state index contributed by atoms with van der Waals surface area (Å²) in [5.74, 6) is 0. The molecule has 0 radical (unpaired) electrons. The first-order valence-electron chi connectivity index (χ1n) is 5.12. The molecule has 92 valence electrons. The van der Waals surface area contributed by atoms with Crippen LogP contribution in [0.15, 0.2) is 0 Å². The van der Waals surface area contributed by atoms with Gasteiger partial charge < -0.3 is 17.8 Å². The molecule has 6 heteroatoms. The van der Waals surface area contributed by atoms with Crippen LogP contribution in [0.2, 0.25) is 6.55 Å². The number of ether oxygens (including phenoxy) is 1. The SMILES string of the molecule is CCC(OCCCOS)[Si](C)(OC)OC. The lowest BCUT2D eigenvalue weighted by Crippen LogP contribution is -2.50. The van der Waals surface area contributed by atoms with Gasteiger partial charge in [-0.05, 0) is 32.3 Å². The van der Waals surface area contributed by atoms with Gasteiger partial charge in [-0.25, -0.2) is 0 Å². The van der Waals surface area contributed by atoms with E-state index in [0.717, 1.165) is 12.8 Å². The molecule has 0 aromatic heterocycles. The minimum Gasteiger partial charge on any atom is -0.396 e. The molecular formula is C9H22O4SSi. The average Bonchev–Trinajstić information content (AvgIpc) is 2.28. The third-order valence-electron chi connectivity index (χ3n) is 2.47. The second kappa shape index (κ2) is 8.55. The van der Waals surface area contributed by atoms with Crippen LogP contribution in [0.4, 0.5) is 0 Å². The minimum atomic E-state index is -2.17. The summed E-state index contributed by atoms with van der Waals surface area (Å²) in [4.78, 5) is 0. The Balaban J connectivity index is 3.99. The average molecular weight is 254 g/mol. The standard InChI is InChI=1S/C9H22O4SSi/c1-5-9(12-7-6-8-13-14)15(4,10-2)11-3/h9,14H,5-8H2,1-4H3. The summed E-state index contributed by atoms with van der Waals surface area (Å²) in [5, 5.41) is 0. The fourth-order valence-electron chi connectivity index (χ4n) is 1.34. The Morgan fingerprint density at radius 3 is 2.20 bits per heavy atom. The fraction of sp³-hybridized carbons (Fsp3) is 1.00. The quantitative estimate of drug-likeness (QED) is 0.295. The molecule has 0 aromatic carbocycles. The van der Waals surface area contributed by atoms with Crippen molar-refractivity contribution in [1.29, 1.82) is 0 Å². The van der Waals surface area contributed by atoms with E-state index in [2.05, 4.69) is 24.0 Å². The van der Waals surface area contributed by atoms with Crippen LogP contribution in [0.1, 0.15) is 19.8 Å². The predicted octanol–water partition coefficient (Wildman–Crippen LogP) is 1.94. The van der Waals surface area contributed by atoms with Crippen LogP contribution < -0.4 is 0 Å². The molecule has 1 unspecified atom stereocenters. The molecule has 0 N–H and O–H groups in total. The van der Waals surface area contributed by atoms with E-state index in [4.69, 9.17) is 13.6 Å². The van der Waals surface area contributed by atoms with Crippen molar-refractivity contribution in [2.75, 3.05) is 27.4 Å². The molecule has 1 atom stereocenters. The van der Waals surface area contributed by atoms with Gasteiger partial charge in [-0.15, -0.1) is 0 Å². The second-order valence-electron chi connectivity index (χ2n) is 3.38. The van der Waals surface area contributed by atoms with Crippen LogP contribution in [0.25, 0.3) is 0 Å². The van der Waals surface area contributed by atoms with E-state index < -0.39 is 8.56 Å². The lowest BCUT2D eigenvalue weighted by Gasteiger charge is -2.31. The Labute approximate surface area is 99.1 Å². The Morgan fingerprint density at radius 1 is 1.20 bits per heavy atom. The first-order chi connectivity index (χ1) is 7.14. The summed E-state index contributed by atoms with van der Waals surface area (Å²) < 4.78 is 21.3. The highest BCUT2D eigenvalue weighted by molar-refractivity contribution is 7.75. The summed E-state index contributed by atoms with van der Waals surface area (Å²) in [6.45, 7) is 5.32. The summed E-state index contributed by atoms with van der Waals surface area (Å²) in [6.07, 6.45) is 1.73. The van der Waals surface area contributed by atoms with Crippen LogP contribution in [0.3, 0.4) is 0 Å². The van der Waals surface area contributed by atoms with Crippen LogP contribution in [0, 0.1) is 0 Å². The maximum absolute atomic E-state index is 5.74. The van der Waals surface area contributed by atoms with E-state index in [1.54, 1.807) is 14.2 Å². The van der Waals surface area contributed by atoms with E-state index in [9.17, 15) is 0 Å². The van der Waals surface area contributed by atoms with Gasteiger partial charge in [0.1, 0.15) is 5.73 Å². The van der Waals surface area contributed by atoms with E-state index in [1.807, 2.05) is 6.55 Å². The van der Waals surface area contributed by atoms with Gasteiger partial charge in [-0.3, -0.25) is 0 Å². The Hall–Kier alpha value is 0.407. The zero-order valence-electron chi connectivity index (χ0n) is 9.99. The van der Waals surface area contributed by atoms with E-state index in [-0.39, 0.29) is 5.73 Å². The molecule has 0 saturated heterocycles. The topological polar surface area (TPSA) is 36.9 Å². The lowest BCUT2D eigenvalue weighted by atomic mass is 10.5. The monoisotopic (exact) mass is 254 g/mol. The molecule has 15 heavy (non-hydrogen) atoms. The molecule has 0 amide bonds. The molecule has 0 bridgehead atoms. The normalized spacial score (nSPS) is 14.2. The molecular weight excluding hydrogens is 232 g/mol. The second-order valence-corrected chi connectivity index (χ2v) is 7.13. The van der Waals surface area contributed by atoms with Gasteiger partial charge in [0, 0.05) is 20.8 Å². The van der Waals surface area contributed by atoms with E-state index >= 15 is 0 Å². The van der Waals surface area contributed by atoms with Crippen molar-refractivity contribution in [2.45, 2.75) is 32.0 Å². The first-order valence-corrected chi connectivity index (χ1v) is 7.88. The van der Waals surface area contributed by atoms with Crippen molar-refractivity contribution >= 4 is 21.5 Å². The minimum absolute atomic E-state index is 0.0624. The zero-order chi connectivity index (χ0) is 11.7. The molecule has 0 aromatic rings. The maximum atomic E-state index is 5.74. The van der Waals surface area contributed by atoms with Gasteiger partial charge in [-0.1, -0.05) is 6.92 Å². The van der Waals surface area contributed by atoms with Crippen LogP contribution >= 0.6 is 12.9 Å². The molecule has 0 saturated carbocycles. The summed E-state index contributed by atoms with van der Waals surface area (Å²) in [7, 11) is 1.19. The van der Waals surface area contributed by atoms with Gasteiger partial charge in [-0.2, -0.15) is 0 Å². The highest BCUT2D eigenvalue weighted by Gasteiger charge is 2.39. The highest BCUT2D eigenvalue weighted by atomic mass is 32.1. The largest absolute Gasteiger partial charge is 0.396 e. The molecule has 0 heterocycles. The number of hydrogen-bond donors (Lipinski definition) is 1. The third kappa shape index (κ3) is 5.33. The third-order valence-corrected chi connectivity index (χ3v) is 6.01. The van der Waals surface area contributed by atoms with Crippen molar-refractivity contribution in [2.24, 2.45) is 0 Å². The van der Waals surface area contributed by atoms with Gasteiger partial charge >= 0.3 is 8.56 Å².